The van der Waals surface area contributed by atoms with Crippen molar-refractivity contribution in [3.8, 4) is 35.0 Å². The van der Waals surface area contributed by atoms with Gasteiger partial charge in [-0.05, 0) is 50.6 Å². The predicted molar refractivity (Wildman–Crippen MR) is 175 cm³/mol. The van der Waals surface area contributed by atoms with E-state index in [2.05, 4.69) is 32.9 Å². The van der Waals surface area contributed by atoms with Crippen LogP contribution in [-0.2, 0) is 0 Å². The summed E-state index contributed by atoms with van der Waals surface area (Å²) in [6.45, 7) is 6.32. The highest BCUT2D eigenvalue weighted by Crippen LogP contribution is 2.48. The number of fused-ring (bicyclic) bond motifs is 2. The third kappa shape index (κ3) is 5.92. The first-order valence-electron chi connectivity index (χ1n) is 14.9. The molecule has 15 heteroatoms. The molecule has 2 saturated heterocycles. The van der Waals surface area contributed by atoms with Crippen LogP contribution >= 0.6 is 23.4 Å². The highest BCUT2D eigenvalue weighted by atomic mass is 35.5. The fourth-order valence-corrected chi connectivity index (χ4v) is 7.43. The summed E-state index contributed by atoms with van der Waals surface area (Å²) in [6, 6.07) is 8.35. The monoisotopic (exact) mass is 692 g/mol. The number of phenols is 1. The summed E-state index contributed by atoms with van der Waals surface area (Å²) in [5.74, 6) is -2.52. The van der Waals surface area contributed by atoms with E-state index in [-0.39, 0.29) is 51.3 Å². The molecule has 0 spiro atoms. The summed E-state index contributed by atoms with van der Waals surface area (Å²) < 4.78 is 52.2. The van der Waals surface area contributed by atoms with E-state index < -0.39 is 51.2 Å². The number of hydrogen-bond donors (Lipinski definition) is 3. The average molecular weight is 693 g/mol. The zero-order valence-electron chi connectivity index (χ0n) is 25.5. The molecule has 0 radical (unpaired) electrons. The van der Waals surface area contributed by atoms with Crippen molar-refractivity contribution in [2.75, 3.05) is 25.0 Å². The molecule has 2 aliphatic rings. The number of alkyl halides is 1. The lowest BCUT2D eigenvalue weighted by atomic mass is 9.95. The summed E-state index contributed by atoms with van der Waals surface area (Å²) in [6.07, 6.45) is 2.30. The summed E-state index contributed by atoms with van der Waals surface area (Å²) in [5.41, 5.74) is 4.69. The summed E-state index contributed by atoms with van der Waals surface area (Å²) >= 11 is 7.31. The Labute approximate surface area is 283 Å². The van der Waals surface area contributed by atoms with E-state index in [0.29, 0.717) is 36.0 Å². The van der Waals surface area contributed by atoms with E-state index >= 15 is 4.39 Å². The van der Waals surface area contributed by atoms with Gasteiger partial charge in [0.15, 0.2) is 5.82 Å². The number of benzene rings is 2. The van der Waals surface area contributed by atoms with E-state index in [1.165, 1.54) is 12.3 Å². The number of thioether (sulfide) groups is 1. The average Bonchev–Trinajstić information content (AvgIpc) is 3.59. The second-order valence-electron chi connectivity index (χ2n) is 11.7. The molecule has 48 heavy (non-hydrogen) atoms. The number of hydrogen-bond acceptors (Lipinski definition) is 11. The highest BCUT2D eigenvalue weighted by molar-refractivity contribution is 8.03. The van der Waals surface area contributed by atoms with Gasteiger partial charge >= 0.3 is 6.01 Å². The minimum Gasteiger partial charge on any atom is -0.506 e. The van der Waals surface area contributed by atoms with Crippen LogP contribution < -0.4 is 15.8 Å². The molecular formula is C33H28ClF3N8O2S. The number of halogens is 4. The van der Waals surface area contributed by atoms with Gasteiger partial charge in [0.25, 0.3) is 0 Å². The number of ether oxygens (including phenoxy) is 1. The maximum atomic E-state index is 16.8. The molecule has 4 aromatic rings. The first-order chi connectivity index (χ1) is 23.0. The second kappa shape index (κ2) is 13.0. The summed E-state index contributed by atoms with van der Waals surface area (Å²) in [4.78, 5) is 15.0. The van der Waals surface area contributed by atoms with Crippen LogP contribution in [0.15, 0.2) is 47.0 Å². The van der Waals surface area contributed by atoms with E-state index in [4.69, 9.17) is 22.1 Å². The van der Waals surface area contributed by atoms with Crippen molar-refractivity contribution in [1.82, 2.24) is 19.9 Å². The van der Waals surface area contributed by atoms with Crippen LogP contribution in [-0.4, -0.2) is 56.4 Å². The van der Waals surface area contributed by atoms with Gasteiger partial charge in [-0.15, -0.1) is 0 Å². The number of pyridine rings is 1. The lowest BCUT2D eigenvalue weighted by Crippen LogP contribution is -2.43. The fraction of sp³-hybridized carbons (Fsp3) is 0.303. The Morgan fingerprint density at radius 3 is 2.83 bits per heavy atom. The van der Waals surface area contributed by atoms with Gasteiger partial charge in [-0.1, -0.05) is 29.9 Å². The van der Waals surface area contributed by atoms with Crippen LogP contribution in [0.2, 0.25) is 5.02 Å². The quantitative estimate of drug-likeness (QED) is 0.160. The smallest absolute Gasteiger partial charge is 0.319 e. The Kier molecular flexibility index (Phi) is 9.00. The van der Waals surface area contributed by atoms with Gasteiger partial charge in [0.1, 0.15) is 41.7 Å². The van der Waals surface area contributed by atoms with Crippen LogP contribution in [0, 0.1) is 34.3 Å². The van der Waals surface area contributed by atoms with Gasteiger partial charge < -0.3 is 20.9 Å². The van der Waals surface area contributed by atoms with E-state index in [1.54, 1.807) is 19.1 Å². The lowest BCUT2D eigenvalue weighted by Gasteiger charge is -2.30. The molecular weight excluding hydrogens is 665 g/mol. The number of nitrogens with one attached hydrogen (secondary N) is 1. The van der Waals surface area contributed by atoms with Crippen molar-refractivity contribution in [3.63, 3.8) is 0 Å². The molecule has 2 aliphatic heterocycles. The largest absolute Gasteiger partial charge is 0.506 e. The normalized spacial score (nSPS) is 19.4. The second-order valence-corrected chi connectivity index (χ2v) is 13.2. The van der Waals surface area contributed by atoms with Crippen LogP contribution in [0.4, 0.5) is 19.0 Å². The number of aromatic nitrogens is 3. The molecule has 4 heterocycles. The Hall–Kier alpha value is -4.76. The van der Waals surface area contributed by atoms with Crippen molar-refractivity contribution < 1.29 is 23.0 Å². The SMILES string of the molecule is C=C(N)Sc1c(F)ccc(-c2c(Cl)c(O)c3c(N[C@H](C)c4cc(C#N)ccn4)nc(OC[C@@]45CCCN4C[C@H](F)C5)nc3c2F)c1C#N. The molecule has 10 nitrogen and oxygen atoms in total. The van der Waals surface area contributed by atoms with E-state index in [9.17, 15) is 24.4 Å². The van der Waals surface area contributed by atoms with Crippen molar-refractivity contribution in [2.45, 2.75) is 48.8 Å². The molecule has 4 N–H and O–H groups in total. The number of nitrogens with two attached hydrogens (primary N) is 1. The molecule has 3 atom stereocenters. The molecule has 246 valence electrons. The number of nitriles is 2. The fourth-order valence-electron chi connectivity index (χ4n) is 6.46. The van der Waals surface area contributed by atoms with Gasteiger partial charge in [0.05, 0.1) is 54.8 Å². The van der Waals surface area contributed by atoms with Crippen molar-refractivity contribution in [3.05, 3.63) is 75.5 Å². The molecule has 0 saturated carbocycles. The summed E-state index contributed by atoms with van der Waals surface area (Å²) in [7, 11) is 0. The Bertz CT molecular complexity index is 2050. The highest BCUT2D eigenvalue weighted by Gasteiger charge is 2.49. The molecule has 0 bridgehead atoms. The Morgan fingerprint density at radius 2 is 2.10 bits per heavy atom. The third-order valence-electron chi connectivity index (χ3n) is 8.64. The number of rotatable bonds is 9. The third-order valence-corrected chi connectivity index (χ3v) is 9.88. The standard InChI is InChI=1S/C33H28ClF3N8O2S/c1-16(23-10-18(12-38)6-8-41-23)42-31-25-28(43-32(44-31)47-15-33-7-3-9-45(33)14-19(35)11-33)27(37)24(26(34)29(25)46)20-4-5-22(36)30(21(20)13-39)48-17(2)40/h4-6,8,10,16,19,46H,2-3,7,9,11,14-15,40H2,1H3,(H,42,43,44)/t16-,19-,33+/m1/s1. The predicted octanol–water partition coefficient (Wildman–Crippen LogP) is 6.72. The zero-order valence-corrected chi connectivity index (χ0v) is 27.1. The van der Waals surface area contributed by atoms with Gasteiger partial charge in [-0.3, -0.25) is 9.88 Å². The molecule has 0 amide bonds. The van der Waals surface area contributed by atoms with E-state index in [0.717, 1.165) is 19.0 Å². The van der Waals surface area contributed by atoms with Crippen LogP contribution in [0.25, 0.3) is 22.0 Å². The minimum atomic E-state index is -1.05. The molecule has 2 aromatic heterocycles. The molecule has 6 rings (SSSR count). The Balaban J connectivity index is 1.52. The topological polar surface area (TPSA) is 157 Å². The van der Waals surface area contributed by atoms with Crippen molar-refractivity contribution >= 4 is 40.1 Å². The number of nitrogens with zero attached hydrogens (tertiary/aromatic N) is 6. The molecule has 2 aromatic carbocycles. The van der Waals surface area contributed by atoms with Crippen molar-refractivity contribution in [1.29, 1.82) is 10.5 Å². The van der Waals surface area contributed by atoms with Crippen LogP contribution in [0.5, 0.6) is 11.8 Å². The van der Waals surface area contributed by atoms with Gasteiger partial charge in [0.2, 0.25) is 0 Å². The first-order valence-corrected chi connectivity index (χ1v) is 16.1. The zero-order chi connectivity index (χ0) is 34.3. The van der Waals surface area contributed by atoms with Gasteiger partial charge in [0, 0.05) is 30.3 Å². The van der Waals surface area contributed by atoms with Gasteiger partial charge in [-0.25, -0.2) is 13.2 Å². The molecule has 0 unspecified atom stereocenters. The number of anilines is 1. The van der Waals surface area contributed by atoms with Crippen LogP contribution in [0.3, 0.4) is 0 Å². The maximum Gasteiger partial charge on any atom is 0.319 e. The number of phenolic OH excluding ortho intramolecular Hbond substituents is 1. The lowest BCUT2D eigenvalue weighted by molar-refractivity contribution is 0.107. The maximum absolute atomic E-state index is 16.8. The van der Waals surface area contributed by atoms with Gasteiger partial charge in [-0.2, -0.15) is 20.5 Å². The summed E-state index contributed by atoms with van der Waals surface area (Å²) in [5, 5.41) is 33.3. The minimum absolute atomic E-state index is 0.00807. The van der Waals surface area contributed by atoms with Crippen molar-refractivity contribution in [2.24, 2.45) is 5.73 Å². The molecule has 0 aliphatic carbocycles. The first kappa shape index (κ1) is 33.2. The molecule has 2 fully saturated rings. The van der Waals surface area contributed by atoms with Crippen LogP contribution in [0.1, 0.15) is 49.0 Å². The Morgan fingerprint density at radius 1 is 1.31 bits per heavy atom. The number of aromatic hydroxyl groups is 1. The van der Waals surface area contributed by atoms with E-state index in [1.807, 2.05) is 11.0 Å².